The maximum atomic E-state index is 11.9. The van der Waals surface area contributed by atoms with E-state index in [2.05, 4.69) is 12.2 Å². The van der Waals surface area contributed by atoms with Crippen molar-refractivity contribution in [1.29, 1.82) is 0 Å². The van der Waals surface area contributed by atoms with Crippen molar-refractivity contribution < 1.29 is 14.7 Å². The van der Waals surface area contributed by atoms with Gasteiger partial charge in [0.2, 0.25) is 5.91 Å². The van der Waals surface area contributed by atoms with Crippen molar-refractivity contribution in [3.05, 3.63) is 0 Å². The molecule has 1 saturated heterocycles. The van der Waals surface area contributed by atoms with Gasteiger partial charge in [-0.2, -0.15) is 0 Å². The molecule has 1 aliphatic heterocycles. The van der Waals surface area contributed by atoms with Gasteiger partial charge in [-0.1, -0.05) is 6.92 Å². The van der Waals surface area contributed by atoms with Crippen LogP contribution in [0.25, 0.3) is 0 Å². The number of nitrogens with zero attached hydrogens (tertiary/aromatic N) is 1. The summed E-state index contributed by atoms with van der Waals surface area (Å²) in [4.78, 5) is 24.4. The van der Waals surface area contributed by atoms with Crippen molar-refractivity contribution in [1.82, 2.24) is 10.2 Å². The fourth-order valence-electron chi connectivity index (χ4n) is 1.92. The molecule has 5 heteroatoms. The van der Waals surface area contributed by atoms with Crippen LogP contribution < -0.4 is 5.32 Å². The molecule has 1 rings (SSSR count). The standard InChI is InChI=1S/C12H22N2O3/c1-3-9(2)13-7-11(15)14-6-4-5-10(8-14)12(16)17/h9-10,13H,3-8H2,1-2H3,(H,16,17)/t9?,10-/m0/s1. The van der Waals surface area contributed by atoms with Crippen LogP contribution in [0.15, 0.2) is 0 Å². The summed E-state index contributed by atoms with van der Waals surface area (Å²) in [5, 5.41) is 12.1. The van der Waals surface area contributed by atoms with Crippen LogP contribution in [-0.4, -0.2) is 47.6 Å². The summed E-state index contributed by atoms with van der Waals surface area (Å²) in [5.41, 5.74) is 0. The molecule has 5 nitrogen and oxygen atoms in total. The lowest BCUT2D eigenvalue weighted by atomic mass is 9.98. The number of carboxylic acids is 1. The van der Waals surface area contributed by atoms with Crippen LogP contribution in [-0.2, 0) is 9.59 Å². The van der Waals surface area contributed by atoms with Crippen LogP contribution in [0.4, 0.5) is 0 Å². The Morgan fingerprint density at radius 2 is 2.24 bits per heavy atom. The number of hydrogen-bond donors (Lipinski definition) is 2. The summed E-state index contributed by atoms with van der Waals surface area (Å²) in [5.74, 6) is -1.18. The van der Waals surface area contributed by atoms with Gasteiger partial charge < -0.3 is 15.3 Å². The Hall–Kier alpha value is -1.10. The molecule has 1 fully saturated rings. The predicted octanol–water partition coefficient (Wildman–Crippen LogP) is 0.698. The maximum absolute atomic E-state index is 11.9. The summed E-state index contributed by atoms with van der Waals surface area (Å²) in [6.45, 7) is 5.44. The summed E-state index contributed by atoms with van der Waals surface area (Å²) >= 11 is 0. The second-order valence-corrected chi connectivity index (χ2v) is 4.71. The van der Waals surface area contributed by atoms with E-state index < -0.39 is 11.9 Å². The molecule has 2 atom stereocenters. The lowest BCUT2D eigenvalue weighted by molar-refractivity contribution is -0.145. The van der Waals surface area contributed by atoms with E-state index in [1.54, 1.807) is 4.90 Å². The smallest absolute Gasteiger partial charge is 0.308 e. The van der Waals surface area contributed by atoms with Gasteiger partial charge in [0.05, 0.1) is 12.5 Å². The van der Waals surface area contributed by atoms with Crippen molar-refractivity contribution in [3.8, 4) is 0 Å². The first kappa shape index (κ1) is 14.0. The van der Waals surface area contributed by atoms with Crippen LogP contribution in [0.2, 0.25) is 0 Å². The van der Waals surface area contributed by atoms with Gasteiger partial charge in [0.25, 0.3) is 0 Å². The molecular weight excluding hydrogens is 220 g/mol. The fourth-order valence-corrected chi connectivity index (χ4v) is 1.92. The van der Waals surface area contributed by atoms with Crippen molar-refractivity contribution in [2.24, 2.45) is 5.92 Å². The first-order valence-electron chi connectivity index (χ1n) is 6.28. The third-order valence-corrected chi connectivity index (χ3v) is 3.34. The topological polar surface area (TPSA) is 69.6 Å². The van der Waals surface area contributed by atoms with Gasteiger partial charge in [0.1, 0.15) is 0 Å². The summed E-state index contributed by atoms with van der Waals surface area (Å²) in [7, 11) is 0. The minimum atomic E-state index is -0.794. The van der Waals surface area contributed by atoms with Gasteiger partial charge in [0, 0.05) is 19.1 Å². The minimum absolute atomic E-state index is 0.0104. The summed E-state index contributed by atoms with van der Waals surface area (Å²) in [6.07, 6.45) is 2.44. The summed E-state index contributed by atoms with van der Waals surface area (Å²) in [6, 6.07) is 0.319. The quantitative estimate of drug-likeness (QED) is 0.744. The van der Waals surface area contributed by atoms with Crippen molar-refractivity contribution in [3.63, 3.8) is 0 Å². The predicted molar refractivity (Wildman–Crippen MR) is 64.7 cm³/mol. The second kappa shape index (κ2) is 6.59. The Morgan fingerprint density at radius 1 is 1.53 bits per heavy atom. The van der Waals surface area contributed by atoms with Gasteiger partial charge >= 0.3 is 5.97 Å². The molecule has 0 spiro atoms. The van der Waals surface area contributed by atoms with Crippen LogP contribution in [0.1, 0.15) is 33.1 Å². The highest BCUT2D eigenvalue weighted by Gasteiger charge is 2.27. The number of aliphatic carboxylic acids is 1. The highest BCUT2D eigenvalue weighted by atomic mass is 16.4. The van der Waals surface area contributed by atoms with Gasteiger partial charge in [-0.05, 0) is 26.2 Å². The molecule has 0 aliphatic carbocycles. The maximum Gasteiger partial charge on any atom is 0.308 e. The number of nitrogens with one attached hydrogen (secondary N) is 1. The van der Waals surface area contributed by atoms with E-state index in [1.807, 2.05) is 6.92 Å². The van der Waals surface area contributed by atoms with Crippen LogP contribution >= 0.6 is 0 Å². The molecule has 17 heavy (non-hydrogen) atoms. The molecule has 1 unspecified atom stereocenters. The van der Waals surface area contributed by atoms with Gasteiger partial charge in [0.15, 0.2) is 0 Å². The SMILES string of the molecule is CCC(C)NCC(=O)N1CCC[C@H](C(=O)O)C1. The molecule has 0 aromatic rings. The van der Waals surface area contributed by atoms with Gasteiger partial charge in [-0.15, -0.1) is 0 Å². The van der Waals surface area contributed by atoms with Crippen LogP contribution in [0, 0.1) is 5.92 Å². The molecule has 1 heterocycles. The molecule has 1 amide bonds. The summed E-state index contributed by atoms with van der Waals surface area (Å²) < 4.78 is 0. The van der Waals surface area contributed by atoms with E-state index in [0.29, 0.717) is 32.1 Å². The Labute approximate surface area is 102 Å². The number of likely N-dealkylation sites (tertiary alicyclic amines) is 1. The zero-order valence-corrected chi connectivity index (χ0v) is 10.6. The Kier molecular flexibility index (Phi) is 5.41. The van der Waals surface area contributed by atoms with Crippen molar-refractivity contribution in [2.45, 2.75) is 39.2 Å². The van der Waals surface area contributed by atoms with E-state index >= 15 is 0 Å². The molecule has 0 saturated carbocycles. The first-order valence-corrected chi connectivity index (χ1v) is 6.28. The number of carbonyl (C=O) groups is 2. The number of carboxylic acid groups (broad SMARTS) is 1. The van der Waals surface area contributed by atoms with E-state index in [-0.39, 0.29) is 5.91 Å². The third-order valence-electron chi connectivity index (χ3n) is 3.34. The molecule has 98 valence electrons. The van der Waals surface area contributed by atoms with Gasteiger partial charge in [-0.3, -0.25) is 9.59 Å². The average Bonchev–Trinajstić information content (AvgIpc) is 2.35. The largest absolute Gasteiger partial charge is 0.481 e. The highest BCUT2D eigenvalue weighted by molar-refractivity contribution is 5.79. The Bertz CT molecular complexity index is 281. The van der Waals surface area contributed by atoms with E-state index in [0.717, 1.165) is 12.8 Å². The third kappa shape index (κ3) is 4.34. The number of piperidine rings is 1. The normalized spacial score (nSPS) is 22.2. The molecule has 1 aliphatic rings. The Morgan fingerprint density at radius 3 is 2.82 bits per heavy atom. The Balaban J connectivity index is 2.38. The van der Waals surface area contributed by atoms with Gasteiger partial charge in [-0.25, -0.2) is 0 Å². The second-order valence-electron chi connectivity index (χ2n) is 4.71. The molecule has 0 radical (unpaired) electrons. The molecule has 0 aromatic heterocycles. The van der Waals surface area contributed by atoms with E-state index in [9.17, 15) is 9.59 Å². The number of hydrogen-bond acceptors (Lipinski definition) is 3. The number of carbonyl (C=O) groups excluding carboxylic acids is 1. The van der Waals surface area contributed by atoms with E-state index in [4.69, 9.17) is 5.11 Å². The molecule has 0 aromatic carbocycles. The fraction of sp³-hybridized carbons (Fsp3) is 0.833. The number of rotatable bonds is 5. The molecular formula is C12H22N2O3. The molecule has 0 bridgehead atoms. The lowest BCUT2D eigenvalue weighted by Crippen LogP contribution is -2.46. The van der Waals surface area contributed by atoms with Crippen molar-refractivity contribution >= 4 is 11.9 Å². The number of amides is 1. The minimum Gasteiger partial charge on any atom is -0.481 e. The molecule has 2 N–H and O–H groups in total. The average molecular weight is 242 g/mol. The first-order chi connectivity index (χ1) is 8.04. The monoisotopic (exact) mass is 242 g/mol. The van der Waals surface area contributed by atoms with Crippen LogP contribution in [0.3, 0.4) is 0 Å². The van der Waals surface area contributed by atoms with Crippen molar-refractivity contribution in [2.75, 3.05) is 19.6 Å². The van der Waals surface area contributed by atoms with E-state index in [1.165, 1.54) is 0 Å². The lowest BCUT2D eigenvalue weighted by Gasteiger charge is -2.31. The highest BCUT2D eigenvalue weighted by Crippen LogP contribution is 2.16. The zero-order valence-electron chi connectivity index (χ0n) is 10.6. The van der Waals surface area contributed by atoms with Crippen LogP contribution in [0.5, 0.6) is 0 Å². The zero-order chi connectivity index (χ0) is 12.8.